The molecule has 4 rings (SSSR count). The van der Waals surface area contributed by atoms with Gasteiger partial charge in [-0.15, -0.1) is 0 Å². The maximum atomic E-state index is 4.56. The molecule has 4 heterocycles. The van der Waals surface area contributed by atoms with E-state index in [0.717, 1.165) is 34.5 Å². The minimum Gasteiger partial charge on any atom is -0.381 e. The van der Waals surface area contributed by atoms with Gasteiger partial charge in [-0.05, 0) is 45.7 Å². The number of nitrogens with zero attached hydrogens (tertiary/aromatic N) is 4. The van der Waals surface area contributed by atoms with Gasteiger partial charge in [-0.3, -0.25) is 4.68 Å². The van der Waals surface area contributed by atoms with Gasteiger partial charge in [0, 0.05) is 30.6 Å². The SMILES string of the molecule is Cc1nn(C)c2ncc(NC3CC4CCC(C3)N4C)cc12. The topological polar surface area (TPSA) is 46.0 Å². The Morgan fingerprint density at radius 1 is 1.19 bits per heavy atom. The number of aromatic nitrogens is 3. The van der Waals surface area contributed by atoms with E-state index in [1.54, 1.807) is 0 Å². The fourth-order valence-electron chi connectivity index (χ4n) is 4.15. The lowest BCUT2D eigenvalue weighted by molar-refractivity contribution is 0.169. The first-order valence-electron chi connectivity index (χ1n) is 7.89. The van der Waals surface area contributed by atoms with Crippen LogP contribution in [0.25, 0.3) is 11.0 Å². The fraction of sp³-hybridized carbons (Fsp3) is 0.625. The number of nitrogens with one attached hydrogen (secondary N) is 1. The van der Waals surface area contributed by atoms with E-state index in [1.165, 1.54) is 25.7 Å². The third-order valence-corrected chi connectivity index (χ3v) is 5.33. The highest BCUT2D eigenvalue weighted by Crippen LogP contribution is 2.35. The van der Waals surface area contributed by atoms with E-state index in [1.807, 2.05) is 24.9 Å². The summed E-state index contributed by atoms with van der Waals surface area (Å²) in [6.07, 6.45) is 7.16. The van der Waals surface area contributed by atoms with Crippen LogP contribution < -0.4 is 5.32 Å². The lowest BCUT2D eigenvalue weighted by atomic mass is 9.98. The van der Waals surface area contributed by atoms with Crippen LogP contribution in [0.5, 0.6) is 0 Å². The Morgan fingerprint density at radius 2 is 1.90 bits per heavy atom. The summed E-state index contributed by atoms with van der Waals surface area (Å²) in [5, 5.41) is 9.30. The predicted octanol–water partition coefficient (Wildman–Crippen LogP) is 2.31. The normalized spacial score (nSPS) is 29.2. The van der Waals surface area contributed by atoms with Gasteiger partial charge in [-0.25, -0.2) is 4.98 Å². The van der Waals surface area contributed by atoms with Gasteiger partial charge in [0.2, 0.25) is 0 Å². The molecule has 2 fully saturated rings. The zero-order chi connectivity index (χ0) is 14.6. The maximum Gasteiger partial charge on any atom is 0.157 e. The molecule has 2 aliphatic rings. The van der Waals surface area contributed by atoms with Gasteiger partial charge in [-0.1, -0.05) is 0 Å². The van der Waals surface area contributed by atoms with E-state index in [2.05, 4.69) is 33.4 Å². The van der Waals surface area contributed by atoms with Crippen LogP contribution in [0, 0.1) is 6.92 Å². The van der Waals surface area contributed by atoms with Crippen LogP contribution >= 0.6 is 0 Å². The molecule has 0 spiro atoms. The Morgan fingerprint density at radius 3 is 2.62 bits per heavy atom. The molecule has 0 amide bonds. The highest BCUT2D eigenvalue weighted by atomic mass is 15.3. The number of hydrogen-bond acceptors (Lipinski definition) is 4. The van der Waals surface area contributed by atoms with Crippen molar-refractivity contribution in [2.75, 3.05) is 12.4 Å². The van der Waals surface area contributed by atoms with Crippen molar-refractivity contribution in [3.8, 4) is 0 Å². The molecular formula is C16H23N5. The summed E-state index contributed by atoms with van der Waals surface area (Å²) in [4.78, 5) is 7.14. The highest BCUT2D eigenvalue weighted by Gasteiger charge is 2.38. The second-order valence-corrected chi connectivity index (χ2v) is 6.67. The van der Waals surface area contributed by atoms with Gasteiger partial charge in [-0.2, -0.15) is 5.10 Å². The summed E-state index contributed by atoms with van der Waals surface area (Å²) in [6.45, 7) is 2.05. The minimum atomic E-state index is 0.579. The van der Waals surface area contributed by atoms with Gasteiger partial charge in [0.1, 0.15) is 0 Å². The highest BCUT2D eigenvalue weighted by molar-refractivity contribution is 5.81. The molecule has 5 nitrogen and oxygen atoms in total. The molecule has 2 aromatic heterocycles. The summed E-state index contributed by atoms with van der Waals surface area (Å²) < 4.78 is 1.85. The molecule has 0 saturated carbocycles. The first-order valence-corrected chi connectivity index (χ1v) is 7.89. The molecule has 2 bridgehead atoms. The molecular weight excluding hydrogens is 262 g/mol. The number of aryl methyl sites for hydroxylation is 2. The van der Waals surface area contributed by atoms with Crippen LogP contribution in [0.4, 0.5) is 5.69 Å². The van der Waals surface area contributed by atoms with Gasteiger partial charge < -0.3 is 10.2 Å². The van der Waals surface area contributed by atoms with Crippen molar-refractivity contribution in [1.29, 1.82) is 0 Å². The van der Waals surface area contributed by atoms with Crippen LogP contribution in [-0.2, 0) is 7.05 Å². The molecule has 2 aliphatic heterocycles. The largest absolute Gasteiger partial charge is 0.381 e. The van der Waals surface area contributed by atoms with Crippen molar-refractivity contribution in [3.63, 3.8) is 0 Å². The van der Waals surface area contributed by atoms with Crippen LogP contribution in [-0.4, -0.2) is 44.8 Å². The van der Waals surface area contributed by atoms with Crippen molar-refractivity contribution in [1.82, 2.24) is 19.7 Å². The zero-order valence-electron chi connectivity index (χ0n) is 13.0. The lowest BCUT2D eigenvalue weighted by Crippen LogP contribution is -2.44. The van der Waals surface area contributed by atoms with Crippen molar-refractivity contribution >= 4 is 16.7 Å². The molecule has 2 saturated heterocycles. The zero-order valence-corrected chi connectivity index (χ0v) is 13.0. The van der Waals surface area contributed by atoms with E-state index >= 15 is 0 Å². The monoisotopic (exact) mass is 285 g/mol. The van der Waals surface area contributed by atoms with Gasteiger partial charge in [0.25, 0.3) is 0 Å². The van der Waals surface area contributed by atoms with Crippen LogP contribution in [0.3, 0.4) is 0 Å². The summed E-state index contributed by atoms with van der Waals surface area (Å²) >= 11 is 0. The van der Waals surface area contributed by atoms with E-state index < -0.39 is 0 Å². The van der Waals surface area contributed by atoms with Crippen molar-refractivity contribution in [2.24, 2.45) is 7.05 Å². The Kier molecular flexibility index (Phi) is 2.92. The van der Waals surface area contributed by atoms with E-state index in [9.17, 15) is 0 Å². The number of fused-ring (bicyclic) bond motifs is 3. The molecule has 2 atom stereocenters. The van der Waals surface area contributed by atoms with Crippen LogP contribution in [0.15, 0.2) is 12.3 Å². The van der Waals surface area contributed by atoms with E-state index in [0.29, 0.717) is 6.04 Å². The molecule has 1 N–H and O–H groups in total. The molecule has 0 radical (unpaired) electrons. The quantitative estimate of drug-likeness (QED) is 0.920. The second kappa shape index (κ2) is 4.70. The number of rotatable bonds is 2. The maximum absolute atomic E-state index is 4.56. The van der Waals surface area contributed by atoms with Crippen LogP contribution in [0.1, 0.15) is 31.4 Å². The second-order valence-electron chi connectivity index (χ2n) is 6.67. The first-order chi connectivity index (χ1) is 10.1. The molecule has 5 heteroatoms. The molecule has 0 aliphatic carbocycles. The predicted molar refractivity (Wildman–Crippen MR) is 84.5 cm³/mol. The third-order valence-electron chi connectivity index (χ3n) is 5.33. The molecule has 21 heavy (non-hydrogen) atoms. The Bertz CT molecular complexity index is 663. The molecule has 2 unspecified atom stereocenters. The average Bonchev–Trinajstić information content (AvgIpc) is 2.83. The van der Waals surface area contributed by atoms with Gasteiger partial charge in [0.05, 0.1) is 17.6 Å². The van der Waals surface area contributed by atoms with E-state index in [4.69, 9.17) is 0 Å². The lowest BCUT2D eigenvalue weighted by Gasteiger charge is -2.37. The summed E-state index contributed by atoms with van der Waals surface area (Å²) in [5.41, 5.74) is 3.14. The number of pyridine rings is 1. The Balaban J connectivity index is 1.56. The van der Waals surface area contributed by atoms with Crippen molar-refractivity contribution in [2.45, 2.75) is 50.7 Å². The summed E-state index contributed by atoms with van der Waals surface area (Å²) in [6, 6.07) is 4.30. The van der Waals surface area contributed by atoms with Gasteiger partial charge in [0.15, 0.2) is 5.65 Å². The summed E-state index contributed by atoms with van der Waals surface area (Å²) in [5.74, 6) is 0. The molecule has 112 valence electrons. The van der Waals surface area contributed by atoms with Crippen molar-refractivity contribution in [3.05, 3.63) is 18.0 Å². The molecule has 0 aromatic carbocycles. The third kappa shape index (κ3) is 2.11. The number of anilines is 1. The Labute approximate surface area is 125 Å². The number of hydrogen-bond donors (Lipinski definition) is 1. The van der Waals surface area contributed by atoms with Crippen molar-refractivity contribution < 1.29 is 0 Å². The standard InChI is InChI=1S/C16H23N5/c1-10-15-8-12(9-17-16(15)21(3)19-10)18-11-6-13-4-5-14(7-11)20(13)2/h8-9,11,13-14,18H,4-7H2,1-3H3. The van der Waals surface area contributed by atoms with Gasteiger partial charge >= 0.3 is 0 Å². The smallest absolute Gasteiger partial charge is 0.157 e. The minimum absolute atomic E-state index is 0.579. The van der Waals surface area contributed by atoms with Crippen LogP contribution in [0.2, 0.25) is 0 Å². The van der Waals surface area contributed by atoms with E-state index in [-0.39, 0.29) is 0 Å². The Hall–Kier alpha value is -1.62. The summed E-state index contributed by atoms with van der Waals surface area (Å²) in [7, 11) is 4.23. The number of piperidine rings is 1. The fourth-order valence-corrected chi connectivity index (χ4v) is 4.15. The molecule has 2 aromatic rings. The first kappa shape index (κ1) is 13.1. The average molecular weight is 285 g/mol.